The Morgan fingerprint density at radius 2 is 2.31 bits per heavy atom. The van der Waals surface area contributed by atoms with Crippen LogP contribution in [0.15, 0.2) is 29.4 Å². The Hall–Kier alpha value is -2.04. The average Bonchev–Trinajstić information content (AvgIpc) is 2.72. The summed E-state index contributed by atoms with van der Waals surface area (Å²) in [6, 6.07) is 7.46. The molecule has 1 aromatic rings. The third kappa shape index (κ3) is 2.13. The van der Waals surface area contributed by atoms with Gasteiger partial charge in [-0.15, -0.1) is 0 Å². The number of benzene rings is 1. The highest BCUT2D eigenvalue weighted by Gasteiger charge is 2.20. The van der Waals surface area contributed by atoms with Crippen molar-refractivity contribution in [1.82, 2.24) is 5.01 Å². The van der Waals surface area contributed by atoms with Crippen molar-refractivity contribution >= 4 is 12.3 Å². The van der Waals surface area contributed by atoms with Crippen LogP contribution in [0.5, 0.6) is 5.75 Å². The summed E-state index contributed by atoms with van der Waals surface area (Å²) in [6.07, 6.45) is 1.18. The molecule has 0 saturated carbocycles. The third-order valence-corrected chi connectivity index (χ3v) is 2.21. The van der Waals surface area contributed by atoms with Crippen molar-refractivity contribution < 1.29 is 14.3 Å². The van der Waals surface area contributed by atoms with Gasteiger partial charge in [-0.3, -0.25) is 0 Å². The molecule has 1 heterocycles. The molecular formula is C11H12N2O3. The Balaban J connectivity index is 2.13. The summed E-state index contributed by atoms with van der Waals surface area (Å²) in [5.41, 5.74) is 0.824. The van der Waals surface area contributed by atoms with Crippen molar-refractivity contribution in [2.45, 2.75) is 0 Å². The van der Waals surface area contributed by atoms with Crippen LogP contribution < -0.4 is 4.74 Å². The quantitative estimate of drug-likeness (QED) is 0.725. The lowest BCUT2D eigenvalue weighted by atomic mass is 10.2. The molecule has 1 aliphatic heterocycles. The number of carbonyl (C=O) groups excluding carboxylic acids is 1. The molecule has 1 aromatic carbocycles. The highest BCUT2D eigenvalue weighted by Crippen LogP contribution is 2.15. The highest BCUT2D eigenvalue weighted by atomic mass is 16.6. The van der Waals surface area contributed by atoms with E-state index in [1.165, 1.54) is 5.01 Å². The standard InChI is InChI=1S/C11H12N2O3/c1-15-10-5-3-2-4-9(10)8-12-13-6-7-16-11(13)14/h2-5,8H,6-7H2,1H3/b12-8+. The van der Waals surface area contributed by atoms with E-state index in [0.717, 1.165) is 11.3 Å². The molecule has 5 nitrogen and oxygen atoms in total. The molecule has 1 aliphatic rings. The van der Waals surface area contributed by atoms with E-state index < -0.39 is 6.09 Å². The summed E-state index contributed by atoms with van der Waals surface area (Å²) < 4.78 is 9.91. The minimum atomic E-state index is -0.411. The normalized spacial score (nSPS) is 15.6. The summed E-state index contributed by atoms with van der Waals surface area (Å²) in [5, 5.41) is 5.32. The Labute approximate surface area is 93.3 Å². The Morgan fingerprint density at radius 1 is 1.50 bits per heavy atom. The van der Waals surface area contributed by atoms with Crippen molar-refractivity contribution in [3.8, 4) is 5.75 Å². The van der Waals surface area contributed by atoms with Crippen LogP contribution in [0.1, 0.15) is 5.56 Å². The Kier molecular flexibility index (Phi) is 3.05. The number of ether oxygens (including phenoxy) is 2. The fourth-order valence-electron chi connectivity index (χ4n) is 1.40. The van der Waals surface area contributed by atoms with E-state index in [-0.39, 0.29) is 0 Å². The number of methoxy groups -OCH3 is 1. The minimum Gasteiger partial charge on any atom is -0.496 e. The number of para-hydroxylation sites is 1. The van der Waals surface area contributed by atoms with Gasteiger partial charge in [0.25, 0.3) is 0 Å². The van der Waals surface area contributed by atoms with Crippen LogP contribution >= 0.6 is 0 Å². The van der Waals surface area contributed by atoms with E-state index in [4.69, 9.17) is 9.47 Å². The predicted octanol–water partition coefficient (Wildman–Crippen LogP) is 1.48. The van der Waals surface area contributed by atoms with Crippen molar-refractivity contribution in [2.24, 2.45) is 5.10 Å². The summed E-state index contributed by atoms with van der Waals surface area (Å²) in [6.45, 7) is 0.882. The van der Waals surface area contributed by atoms with Gasteiger partial charge in [-0.05, 0) is 12.1 Å². The lowest BCUT2D eigenvalue weighted by molar-refractivity contribution is 0.159. The second-order valence-corrected chi connectivity index (χ2v) is 3.22. The molecular weight excluding hydrogens is 208 g/mol. The molecule has 0 spiro atoms. The molecule has 0 aromatic heterocycles. The van der Waals surface area contributed by atoms with Crippen LogP contribution in [0, 0.1) is 0 Å². The van der Waals surface area contributed by atoms with Crippen LogP contribution in [0.3, 0.4) is 0 Å². The summed E-state index contributed by atoms with van der Waals surface area (Å²) in [5.74, 6) is 0.721. The first-order chi connectivity index (χ1) is 7.81. The maximum atomic E-state index is 11.1. The molecule has 0 unspecified atom stereocenters. The number of hydrogen-bond donors (Lipinski definition) is 0. The van der Waals surface area contributed by atoms with Gasteiger partial charge in [0.2, 0.25) is 0 Å². The van der Waals surface area contributed by atoms with Crippen molar-refractivity contribution in [2.75, 3.05) is 20.3 Å². The number of hydrogen-bond acceptors (Lipinski definition) is 4. The van der Waals surface area contributed by atoms with Gasteiger partial charge in [0.05, 0.1) is 19.9 Å². The molecule has 1 fully saturated rings. The van der Waals surface area contributed by atoms with Crippen LogP contribution in [0.4, 0.5) is 4.79 Å². The Bertz CT molecular complexity index is 417. The van der Waals surface area contributed by atoms with Crippen LogP contribution in [0.2, 0.25) is 0 Å². The number of hydrazone groups is 1. The van der Waals surface area contributed by atoms with Gasteiger partial charge in [-0.2, -0.15) is 10.1 Å². The van der Waals surface area contributed by atoms with Gasteiger partial charge in [0.15, 0.2) is 0 Å². The summed E-state index contributed by atoms with van der Waals surface area (Å²) >= 11 is 0. The summed E-state index contributed by atoms with van der Waals surface area (Å²) in [7, 11) is 1.59. The first-order valence-electron chi connectivity index (χ1n) is 4.92. The molecule has 0 radical (unpaired) electrons. The Morgan fingerprint density at radius 3 is 3.00 bits per heavy atom. The third-order valence-electron chi connectivity index (χ3n) is 2.21. The molecule has 1 amide bonds. The zero-order chi connectivity index (χ0) is 11.4. The van der Waals surface area contributed by atoms with E-state index >= 15 is 0 Å². The average molecular weight is 220 g/mol. The maximum absolute atomic E-state index is 11.1. The molecule has 0 atom stereocenters. The zero-order valence-corrected chi connectivity index (χ0v) is 8.92. The number of rotatable bonds is 3. The molecule has 0 aliphatic carbocycles. The first-order valence-corrected chi connectivity index (χ1v) is 4.92. The zero-order valence-electron chi connectivity index (χ0n) is 8.92. The monoisotopic (exact) mass is 220 g/mol. The fraction of sp³-hybridized carbons (Fsp3) is 0.273. The highest BCUT2D eigenvalue weighted by molar-refractivity contribution is 5.84. The van der Waals surface area contributed by atoms with Gasteiger partial charge < -0.3 is 9.47 Å². The van der Waals surface area contributed by atoms with Crippen LogP contribution in [-0.2, 0) is 4.74 Å². The van der Waals surface area contributed by atoms with Gasteiger partial charge in [-0.1, -0.05) is 12.1 Å². The van der Waals surface area contributed by atoms with Crippen LogP contribution in [0.25, 0.3) is 0 Å². The fourth-order valence-corrected chi connectivity index (χ4v) is 1.40. The lowest BCUT2D eigenvalue weighted by Crippen LogP contribution is -2.17. The molecule has 84 valence electrons. The number of carbonyl (C=O) groups is 1. The molecule has 0 N–H and O–H groups in total. The van der Waals surface area contributed by atoms with Gasteiger partial charge >= 0.3 is 6.09 Å². The molecule has 0 bridgehead atoms. The van der Waals surface area contributed by atoms with Crippen molar-refractivity contribution in [1.29, 1.82) is 0 Å². The molecule has 16 heavy (non-hydrogen) atoms. The second-order valence-electron chi connectivity index (χ2n) is 3.22. The van der Waals surface area contributed by atoms with Gasteiger partial charge in [0, 0.05) is 5.56 Å². The van der Waals surface area contributed by atoms with E-state index in [9.17, 15) is 4.79 Å². The van der Waals surface area contributed by atoms with E-state index in [1.54, 1.807) is 13.3 Å². The van der Waals surface area contributed by atoms with E-state index in [1.807, 2.05) is 24.3 Å². The second kappa shape index (κ2) is 4.65. The lowest BCUT2D eigenvalue weighted by Gasteiger charge is -2.06. The predicted molar refractivity (Wildman–Crippen MR) is 58.6 cm³/mol. The molecule has 1 saturated heterocycles. The van der Waals surface area contributed by atoms with Crippen molar-refractivity contribution in [3.63, 3.8) is 0 Å². The minimum absolute atomic E-state index is 0.391. The first kappa shape index (κ1) is 10.5. The largest absolute Gasteiger partial charge is 0.496 e. The molecule has 2 rings (SSSR count). The smallest absolute Gasteiger partial charge is 0.430 e. The number of nitrogens with zero attached hydrogens (tertiary/aromatic N) is 2. The number of amides is 1. The SMILES string of the molecule is COc1ccccc1/C=N/N1CCOC1=O. The van der Waals surface area contributed by atoms with E-state index in [0.29, 0.717) is 13.2 Å². The van der Waals surface area contributed by atoms with Crippen molar-refractivity contribution in [3.05, 3.63) is 29.8 Å². The number of cyclic esters (lactones) is 1. The molecule has 5 heteroatoms. The summed E-state index contributed by atoms with van der Waals surface area (Å²) in [4.78, 5) is 11.1. The van der Waals surface area contributed by atoms with Crippen LogP contribution in [-0.4, -0.2) is 37.6 Å². The topological polar surface area (TPSA) is 51.1 Å². The van der Waals surface area contributed by atoms with E-state index in [2.05, 4.69) is 5.10 Å². The van der Waals surface area contributed by atoms with Gasteiger partial charge in [0.1, 0.15) is 12.4 Å². The van der Waals surface area contributed by atoms with Gasteiger partial charge in [-0.25, -0.2) is 4.79 Å². The maximum Gasteiger partial charge on any atom is 0.430 e.